The molecule has 9 heteroatoms. The van der Waals surface area contributed by atoms with Crippen LogP contribution in [-0.2, 0) is 19.6 Å². The van der Waals surface area contributed by atoms with Crippen molar-refractivity contribution in [2.75, 3.05) is 0 Å². The molecule has 0 bridgehead atoms. The summed E-state index contributed by atoms with van der Waals surface area (Å²) in [6.07, 6.45) is -0.855. The number of nitriles is 1. The Hall–Kier alpha value is -1.66. The van der Waals surface area contributed by atoms with Gasteiger partial charge >= 0.3 is 11.9 Å². The third-order valence-electron chi connectivity index (χ3n) is 2.14. The zero-order valence-corrected chi connectivity index (χ0v) is 10.5. The van der Waals surface area contributed by atoms with Gasteiger partial charge in [-0.25, -0.2) is 8.42 Å². The molecule has 0 fully saturated rings. The second-order valence-electron chi connectivity index (χ2n) is 3.51. The highest BCUT2D eigenvalue weighted by molar-refractivity contribution is 7.90. The minimum atomic E-state index is -4.10. The Morgan fingerprint density at radius 1 is 1.39 bits per heavy atom. The van der Waals surface area contributed by atoms with Crippen LogP contribution in [0.5, 0.6) is 0 Å². The van der Waals surface area contributed by atoms with E-state index in [1.54, 1.807) is 6.07 Å². The van der Waals surface area contributed by atoms with E-state index in [1.807, 2.05) is 4.72 Å². The van der Waals surface area contributed by atoms with E-state index in [-0.39, 0.29) is 12.8 Å². The fourth-order valence-electron chi connectivity index (χ4n) is 1.16. The number of carboxylic acids is 2. The normalized spacial score (nSPS) is 14.4. The first-order chi connectivity index (χ1) is 8.24. The quantitative estimate of drug-likeness (QED) is 0.544. The zero-order valence-electron chi connectivity index (χ0n) is 9.66. The predicted octanol–water partition coefficient (Wildman–Crippen LogP) is -0.474. The second kappa shape index (κ2) is 6.93. The fraction of sp³-hybridized carbons (Fsp3) is 0.667. The van der Waals surface area contributed by atoms with Crippen molar-refractivity contribution in [3.63, 3.8) is 0 Å². The Morgan fingerprint density at radius 3 is 2.28 bits per heavy atom. The summed E-state index contributed by atoms with van der Waals surface area (Å²) >= 11 is 0. The molecule has 0 aromatic rings. The van der Waals surface area contributed by atoms with Crippen molar-refractivity contribution in [3.8, 4) is 6.07 Å². The summed E-state index contributed by atoms with van der Waals surface area (Å²) in [4.78, 5) is 21.1. The van der Waals surface area contributed by atoms with Crippen LogP contribution in [0.1, 0.15) is 26.2 Å². The van der Waals surface area contributed by atoms with Crippen molar-refractivity contribution in [1.82, 2.24) is 4.72 Å². The van der Waals surface area contributed by atoms with Crippen LogP contribution in [0.2, 0.25) is 0 Å². The number of aliphatic carboxylic acids is 2. The fourth-order valence-corrected chi connectivity index (χ4v) is 2.52. The van der Waals surface area contributed by atoms with Crippen molar-refractivity contribution in [2.24, 2.45) is 0 Å². The molecule has 18 heavy (non-hydrogen) atoms. The van der Waals surface area contributed by atoms with Gasteiger partial charge in [-0.05, 0) is 12.8 Å². The van der Waals surface area contributed by atoms with E-state index in [0.717, 1.165) is 0 Å². The van der Waals surface area contributed by atoms with Gasteiger partial charge in [-0.3, -0.25) is 9.59 Å². The third kappa shape index (κ3) is 5.11. The van der Waals surface area contributed by atoms with Crippen molar-refractivity contribution in [1.29, 1.82) is 5.26 Å². The Bertz CT molecular complexity index is 452. The van der Waals surface area contributed by atoms with Crippen molar-refractivity contribution in [3.05, 3.63) is 0 Å². The lowest BCUT2D eigenvalue weighted by molar-refractivity contribution is -0.140. The molecule has 0 radical (unpaired) electrons. The molecular formula is C9H14N2O6S. The molecule has 8 nitrogen and oxygen atoms in total. The zero-order chi connectivity index (χ0) is 14.3. The van der Waals surface area contributed by atoms with Crippen LogP contribution in [0.4, 0.5) is 0 Å². The number of carbonyl (C=O) groups is 2. The lowest BCUT2D eigenvalue weighted by Crippen LogP contribution is -2.44. The summed E-state index contributed by atoms with van der Waals surface area (Å²) in [7, 11) is -4.10. The van der Waals surface area contributed by atoms with Gasteiger partial charge in [0.1, 0.15) is 6.04 Å². The van der Waals surface area contributed by atoms with Gasteiger partial charge < -0.3 is 10.2 Å². The van der Waals surface area contributed by atoms with E-state index in [2.05, 4.69) is 0 Å². The summed E-state index contributed by atoms with van der Waals surface area (Å²) in [5.74, 6) is -2.71. The van der Waals surface area contributed by atoms with Gasteiger partial charge in [0.2, 0.25) is 10.0 Å². The number of carboxylic acid groups (broad SMARTS) is 2. The lowest BCUT2D eigenvalue weighted by atomic mass is 10.2. The summed E-state index contributed by atoms with van der Waals surface area (Å²) < 4.78 is 25.1. The summed E-state index contributed by atoms with van der Waals surface area (Å²) in [5, 5.41) is 24.5. The van der Waals surface area contributed by atoms with E-state index in [1.165, 1.54) is 6.92 Å². The van der Waals surface area contributed by atoms with Crippen LogP contribution >= 0.6 is 0 Å². The Kier molecular flexibility index (Phi) is 6.29. The number of nitrogens with zero attached hydrogens (tertiary/aromatic N) is 1. The average Bonchev–Trinajstić information content (AvgIpc) is 2.24. The van der Waals surface area contributed by atoms with Gasteiger partial charge in [0.05, 0.1) is 6.07 Å². The average molecular weight is 278 g/mol. The molecule has 0 spiro atoms. The first-order valence-electron chi connectivity index (χ1n) is 5.10. The molecule has 0 aromatic carbocycles. The van der Waals surface area contributed by atoms with Crippen LogP contribution in [0.25, 0.3) is 0 Å². The van der Waals surface area contributed by atoms with Gasteiger partial charge in [-0.2, -0.15) is 9.98 Å². The summed E-state index contributed by atoms with van der Waals surface area (Å²) in [6.45, 7) is 1.47. The molecule has 0 aliphatic carbocycles. The topological polar surface area (TPSA) is 145 Å². The van der Waals surface area contributed by atoms with Gasteiger partial charge in [-0.15, -0.1) is 0 Å². The molecule has 0 saturated carbocycles. The van der Waals surface area contributed by atoms with Crippen LogP contribution in [0.15, 0.2) is 0 Å². The van der Waals surface area contributed by atoms with E-state index in [4.69, 9.17) is 15.5 Å². The summed E-state index contributed by atoms with van der Waals surface area (Å²) in [5.41, 5.74) is 0. The van der Waals surface area contributed by atoms with Crippen molar-refractivity contribution < 1.29 is 28.2 Å². The largest absolute Gasteiger partial charge is 0.481 e. The molecule has 0 aromatic heterocycles. The maximum Gasteiger partial charge on any atom is 0.321 e. The lowest BCUT2D eigenvalue weighted by Gasteiger charge is -2.15. The molecule has 0 rings (SSSR count). The minimum Gasteiger partial charge on any atom is -0.481 e. The van der Waals surface area contributed by atoms with Crippen LogP contribution < -0.4 is 4.72 Å². The highest BCUT2D eigenvalue weighted by Gasteiger charge is 2.30. The van der Waals surface area contributed by atoms with Crippen LogP contribution in [0, 0.1) is 11.3 Å². The molecule has 102 valence electrons. The number of sulfonamides is 1. The molecule has 0 aliphatic rings. The monoisotopic (exact) mass is 278 g/mol. The standard InChI is InChI=1S/C9H14N2O6S/c1-2-6(5-10)18(16,17)11-7(9(14)15)3-4-8(12)13/h6-7,11H,2-4H2,1H3,(H,12,13)(H,14,15)/t6?,7-/m0/s1. The van der Waals surface area contributed by atoms with Crippen LogP contribution in [0.3, 0.4) is 0 Å². The molecular weight excluding hydrogens is 264 g/mol. The predicted molar refractivity (Wildman–Crippen MR) is 60.0 cm³/mol. The SMILES string of the molecule is CCC(C#N)S(=O)(=O)N[C@@H](CCC(=O)O)C(=O)O. The highest BCUT2D eigenvalue weighted by Crippen LogP contribution is 2.07. The van der Waals surface area contributed by atoms with E-state index in [9.17, 15) is 18.0 Å². The first kappa shape index (κ1) is 16.3. The Morgan fingerprint density at radius 2 is 1.94 bits per heavy atom. The maximum atomic E-state index is 11.6. The molecule has 0 amide bonds. The van der Waals surface area contributed by atoms with E-state index >= 15 is 0 Å². The third-order valence-corrected chi connectivity index (χ3v) is 3.94. The molecule has 3 N–H and O–H groups in total. The molecule has 0 aliphatic heterocycles. The maximum absolute atomic E-state index is 11.6. The number of nitrogens with one attached hydrogen (secondary N) is 1. The van der Waals surface area contributed by atoms with Crippen LogP contribution in [-0.4, -0.2) is 41.9 Å². The molecule has 0 heterocycles. The van der Waals surface area contributed by atoms with Crippen molar-refractivity contribution in [2.45, 2.75) is 37.5 Å². The first-order valence-corrected chi connectivity index (χ1v) is 6.64. The van der Waals surface area contributed by atoms with Crippen molar-refractivity contribution >= 4 is 22.0 Å². The Balaban J connectivity index is 4.84. The minimum absolute atomic E-state index is 0.0110. The number of hydrogen-bond donors (Lipinski definition) is 3. The highest BCUT2D eigenvalue weighted by atomic mass is 32.2. The van der Waals surface area contributed by atoms with E-state index < -0.39 is 39.7 Å². The summed E-state index contributed by atoms with van der Waals surface area (Å²) in [6, 6.07) is -0.00624. The van der Waals surface area contributed by atoms with Gasteiger partial charge in [0.15, 0.2) is 5.25 Å². The van der Waals surface area contributed by atoms with Gasteiger partial charge in [-0.1, -0.05) is 6.92 Å². The number of rotatable bonds is 8. The van der Waals surface area contributed by atoms with E-state index in [0.29, 0.717) is 0 Å². The Labute approximate surface area is 104 Å². The molecule has 2 atom stereocenters. The van der Waals surface area contributed by atoms with Gasteiger partial charge in [0, 0.05) is 6.42 Å². The van der Waals surface area contributed by atoms with Gasteiger partial charge in [0.25, 0.3) is 0 Å². The molecule has 0 saturated heterocycles. The number of hydrogen-bond acceptors (Lipinski definition) is 5. The smallest absolute Gasteiger partial charge is 0.321 e. The second-order valence-corrected chi connectivity index (χ2v) is 5.41. The molecule has 1 unspecified atom stereocenters.